The summed E-state index contributed by atoms with van der Waals surface area (Å²) >= 11 is 0. The monoisotopic (exact) mass is 415 g/mol. The number of phenols is 1. The largest absolute Gasteiger partial charge is 0.507 e. The van der Waals surface area contributed by atoms with Crippen LogP contribution >= 0.6 is 0 Å². The second-order valence-electron chi connectivity index (χ2n) is 7.39. The van der Waals surface area contributed by atoms with Gasteiger partial charge in [-0.25, -0.2) is 4.79 Å². The summed E-state index contributed by atoms with van der Waals surface area (Å²) in [6, 6.07) is 2.99. The van der Waals surface area contributed by atoms with Gasteiger partial charge in [-0.1, -0.05) is 25.2 Å². The van der Waals surface area contributed by atoms with Gasteiger partial charge in [0.25, 0.3) is 0 Å². The van der Waals surface area contributed by atoms with Gasteiger partial charge in [-0.15, -0.1) is 0 Å². The average Bonchev–Trinajstić information content (AvgIpc) is 3.12. The zero-order chi connectivity index (χ0) is 22.0. The minimum atomic E-state index is -1.58. The summed E-state index contributed by atoms with van der Waals surface area (Å²) in [6.45, 7) is 3.53. The number of ether oxygens (including phenoxy) is 1. The predicted octanol–water partition coefficient (Wildman–Crippen LogP) is 2.04. The third-order valence-corrected chi connectivity index (χ3v) is 5.22. The number of aliphatic hydroxyl groups excluding tert-OH is 2. The summed E-state index contributed by atoms with van der Waals surface area (Å²) in [6.07, 6.45) is 2.11. The van der Waals surface area contributed by atoms with Crippen molar-refractivity contribution < 1.29 is 34.1 Å². The van der Waals surface area contributed by atoms with Crippen LogP contribution in [0.2, 0.25) is 0 Å². The third-order valence-electron chi connectivity index (χ3n) is 5.22. The van der Waals surface area contributed by atoms with Crippen LogP contribution in [0, 0.1) is 5.92 Å². The topological polar surface area (TPSA) is 143 Å². The van der Waals surface area contributed by atoms with Crippen molar-refractivity contribution in [2.45, 2.75) is 45.1 Å². The highest BCUT2D eigenvalue weighted by atomic mass is 16.5. The molecule has 1 aromatic heterocycles. The Morgan fingerprint density at radius 1 is 1.17 bits per heavy atom. The highest BCUT2D eigenvalue weighted by Crippen LogP contribution is 2.35. The van der Waals surface area contributed by atoms with Gasteiger partial charge in [0.15, 0.2) is 5.78 Å². The number of ketones is 1. The lowest BCUT2D eigenvalue weighted by Crippen LogP contribution is -2.32. The van der Waals surface area contributed by atoms with E-state index in [4.69, 9.17) is 14.9 Å². The molecule has 30 heavy (non-hydrogen) atoms. The van der Waals surface area contributed by atoms with Crippen molar-refractivity contribution in [1.82, 2.24) is 0 Å². The number of aliphatic hydroxyl groups is 2. The fourth-order valence-electron chi connectivity index (χ4n) is 3.21. The maximum Gasteiger partial charge on any atom is 0.342 e. The zero-order valence-corrected chi connectivity index (χ0v) is 16.7. The second kappa shape index (κ2) is 8.83. The Labute approximate surface area is 173 Å². The molecule has 0 saturated heterocycles. The molecule has 0 saturated carbocycles. The smallest absolute Gasteiger partial charge is 0.342 e. The molecule has 0 fully saturated rings. The summed E-state index contributed by atoms with van der Waals surface area (Å²) in [5, 5.41) is 31.3. The number of phenolic OH excluding ortho intramolecular Hbond substituents is 1. The van der Waals surface area contributed by atoms with E-state index in [1.165, 1.54) is 30.4 Å². The van der Waals surface area contributed by atoms with Crippen LogP contribution in [0.3, 0.4) is 0 Å². The quantitative estimate of drug-likeness (QED) is 0.518. The fraction of sp³-hybridized carbons (Fsp3) is 0.364. The Morgan fingerprint density at radius 2 is 1.90 bits per heavy atom. The molecule has 0 amide bonds. The minimum Gasteiger partial charge on any atom is -0.507 e. The van der Waals surface area contributed by atoms with Crippen molar-refractivity contribution in [2.24, 2.45) is 11.7 Å². The first-order valence-electron chi connectivity index (χ1n) is 9.67. The van der Waals surface area contributed by atoms with Gasteiger partial charge in [-0.05, 0) is 25.5 Å². The normalized spacial score (nSPS) is 27.9. The Balaban J connectivity index is 2.15. The van der Waals surface area contributed by atoms with Crippen molar-refractivity contribution in [3.05, 3.63) is 47.2 Å². The van der Waals surface area contributed by atoms with Crippen LogP contribution in [0.15, 0.2) is 34.8 Å². The average molecular weight is 415 g/mol. The van der Waals surface area contributed by atoms with Crippen LogP contribution in [-0.4, -0.2) is 45.4 Å². The van der Waals surface area contributed by atoms with Gasteiger partial charge >= 0.3 is 5.97 Å². The van der Waals surface area contributed by atoms with Crippen molar-refractivity contribution in [3.8, 4) is 5.75 Å². The molecule has 3 rings (SSSR count). The van der Waals surface area contributed by atoms with Gasteiger partial charge in [0.05, 0.1) is 12.6 Å². The zero-order valence-electron chi connectivity index (χ0n) is 16.7. The molecule has 0 unspecified atom stereocenters. The maximum absolute atomic E-state index is 12.9. The van der Waals surface area contributed by atoms with Crippen LogP contribution in [0.4, 0.5) is 0 Å². The maximum atomic E-state index is 12.9. The van der Waals surface area contributed by atoms with E-state index < -0.39 is 30.1 Å². The Morgan fingerprint density at radius 3 is 2.60 bits per heavy atom. The molecular weight excluding hydrogens is 390 g/mol. The van der Waals surface area contributed by atoms with Crippen molar-refractivity contribution in [3.63, 3.8) is 0 Å². The van der Waals surface area contributed by atoms with E-state index in [0.29, 0.717) is 22.3 Å². The molecule has 4 atom stereocenters. The molecule has 8 heteroatoms. The summed E-state index contributed by atoms with van der Waals surface area (Å²) in [4.78, 5) is 25.0. The van der Waals surface area contributed by atoms with E-state index in [1.807, 2.05) is 0 Å². The SMILES string of the molecule is C[C@@H]1/C=C\C(=O)[C@@H](O)[C@@H](O)C/C=C/c2c(c(O)cc3oc(CN)cc23)C(=O)O[C@H]1C. The molecule has 2 heterocycles. The lowest BCUT2D eigenvalue weighted by Gasteiger charge is -2.20. The number of cyclic esters (lactones) is 1. The van der Waals surface area contributed by atoms with Gasteiger partial charge in [0.1, 0.15) is 34.9 Å². The molecule has 5 N–H and O–H groups in total. The highest BCUT2D eigenvalue weighted by Gasteiger charge is 2.26. The van der Waals surface area contributed by atoms with Crippen LogP contribution in [0.5, 0.6) is 5.75 Å². The van der Waals surface area contributed by atoms with E-state index in [2.05, 4.69) is 0 Å². The first kappa shape index (κ1) is 21.8. The summed E-state index contributed by atoms with van der Waals surface area (Å²) in [7, 11) is 0. The number of carbonyl (C=O) groups is 2. The van der Waals surface area contributed by atoms with Crippen LogP contribution in [0.25, 0.3) is 17.0 Å². The van der Waals surface area contributed by atoms with Crippen molar-refractivity contribution in [2.75, 3.05) is 0 Å². The molecule has 2 aromatic rings. The molecule has 0 aliphatic carbocycles. The minimum absolute atomic E-state index is 0.0469. The Kier molecular flexibility index (Phi) is 6.40. The fourth-order valence-corrected chi connectivity index (χ4v) is 3.21. The summed E-state index contributed by atoms with van der Waals surface area (Å²) in [5.74, 6) is -1.58. The molecule has 0 radical (unpaired) electrons. The van der Waals surface area contributed by atoms with Crippen LogP contribution in [0.1, 0.15) is 41.9 Å². The third kappa shape index (κ3) is 4.30. The molecule has 1 aromatic carbocycles. The number of rotatable bonds is 1. The van der Waals surface area contributed by atoms with E-state index in [-0.39, 0.29) is 30.2 Å². The van der Waals surface area contributed by atoms with E-state index in [9.17, 15) is 24.9 Å². The lowest BCUT2D eigenvalue weighted by molar-refractivity contribution is -0.127. The number of aromatic hydroxyl groups is 1. The first-order valence-corrected chi connectivity index (χ1v) is 9.67. The van der Waals surface area contributed by atoms with Gasteiger partial charge in [-0.2, -0.15) is 0 Å². The van der Waals surface area contributed by atoms with E-state index >= 15 is 0 Å². The Hall–Kier alpha value is -2.94. The number of benzene rings is 1. The number of carbonyl (C=O) groups excluding carboxylic acids is 2. The van der Waals surface area contributed by atoms with Crippen LogP contribution in [-0.2, 0) is 16.1 Å². The Bertz CT molecular complexity index is 1020. The predicted molar refractivity (Wildman–Crippen MR) is 110 cm³/mol. The molecule has 1 aliphatic rings. The number of furan rings is 1. The van der Waals surface area contributed by atoms with Crippen molar-refractivity contribution in [1.29, 1.82) is 0 Å². The number of fused-ring (bicyclic) bond motifs is 3. The standard InChI is InChI=1S/C22H25NO7/c1-11-6-7-17(25)21(27)16(24)5-3-4-14-15-8-13(10-23)30-19(15)9-18(26)20(14)22(28)29-12(11)2/h3-4,6-9,11-12,16,21,24,26-27H,5,10,23H2,1-2H3/b4-3+,7-6-/t11-,12+,16+,21+/m1/s1. The number of esters is 1. The lowest BCUT2D eigenvalue weighted by atomic mass is 9.98. The van der Waals surface area contributed by atoms with Gasteiger partial charge in [-0.3, -0.25) is 4.79 Å². The molecule has 1 aliphatic heterocycles. The molecule has 8 nitrogen and oxygen atoms in total. The molecule has 0 bridgehead atoms. The van der Waals surface area contributed by atoms with Gasteiger partial charge < -0.3 is 30.2 Å². The van der Waals surface area contributed by atoms with Crippen LogP contribution < -0.4 is 5.73 Å². The van der Waals surface area contributed by atoms with Gasteiger partial charge in [0.2, 0.25) is 0 Å². The molecule has 160 valence electrons. The summed E-state index contributed by atoms with van der Waals surface area (Å²) in [5.41, 5.74) is 6.27. The molecule has 0 spiro atoms. The molecular formula is C22H25NO7. The van der Waals surface area contributed by atoms with Crippen molar-refractivity contribution >= 4 is 28.8 Å². The van der Waals surface area contributed by atoms with Gasteiger partial charge in [0, 0.05) is 22.9 Å². The highest BCUT2D eigenvalue weighted by molar-refractivity contribution is 6.04. The summed E-state index contributed by atoms with van der Waals surface area (Å²) < 4.78 is 11.1. The van der Waals surface area contributed by atoms with E-state index in [1.54, 1.807) is 19.9 Å². The second-order valence-corrected chi connectivity index (χ2v) is 7.39. The number of hydrogen-bond donors (Lipinski definition) is 4. The number of nitrogens with two attached hydrogens (primary N) is 1. The number of hydrogen-bond acceptors (Lipinski definition) is 8. The first-order chi connectivity index (χ1) is 14.2. The van der Waals surface area contributed by atoms with E-state index in [0.717, 1.165) is 0 Å².